The van der Waals surface area contributed by atoms with Gasteiger partial charge in [0.25, 0.3) is 0 Å². The number of nitrogens with one attached hydrogen (secondary N) is 2. The molecule has 0 saturated heterocycles. The monoisotopic (exact) mass is 260 g/mol. The molecule has 0 aliphatic rings. The van der Waals surface area contributed by atoms with E-state index in [0.29, 0.717) is 11.7 Å². The van der Waals surface area contributed by atoms with Crippen molar-refractivity contribution in [2.24, 2.45) is 0 Å². The molecule has 3 aromatic heterocycles. The number of aromatic nitrogens is 4. The first-order chi connectivity index (χ1) is 8.83. The Morgan fingerprint density at radius 2 is 2.33 bits per heavy atom. The van der Waals surface area contributed by atoms with Crippen LogP contribution in [0.3, 0.4) is 0 Å². The lowest BCUT2D eigenvalue weighted by Crippen LogP contribution is -2.08. The minimum absolute atomic E-state index is 0.449. The number of pyridine rings is 1. The van der Waals surface area contributed by atoms with Crippen LogP contribution < -0.4 is 10.3 Å². The molecular formula is C12H11ClN5+. The second-order valence-corrected chi connectivity index (χ2v) is 4.22. The summed E-state index contributed by atoms with van der Waals surface area (Å²) in [5.74, 6) is 0.818. The van der Waals surface area contributed by atoms with Gasteiger partial charge in [0.15, 0.2) is 18.0 Å². The maximum atomic E-state index is 5.96. The van der Waals surface area contributed by atoms with Crippen LogP contribution in [0.15, 0.2) is 42.9 Å². The van der Waals surface area contributed by atoms with Gasteiger partial charge in [-0.15, -0.1) is 0 Å². The van der Waals surface area contributed by atoms with Crippen LogP contribution in [-0.4, -0.2) is 14.6 Å². The number of rotatable bonds is 3. The highest BCUT2D eigenvalue weighted by Crippen LogP contribution is 2.16. The van der Waals surface area contributed by atoms with E-state index in [2.05, 4.69) is 20.4 Å². The Hall–Kier alpha value is -2.14. The fourth-order valence-electron chi connectivity index (χ4n) is 1.74. The van der Waals surface area contributed by atoms with Gasteiger partial charge in [0.1, 0.15) is 11.0 Å². The van der Waals surface area contributed by atoms with Crippen LogP contribution in [0.1, 0.15) is 5.56 Å². The smallest absolute Gasteiger partial charge is 0.171 e. The fraction of sp³-hybridized carbons (Fsp3) is 0.0833. The van der Waals surface area contributed by atoms with Crippen molar-refractivity contribution in [3.63, 3.8) is 0 Å². The summed E-state index contributed by atoms with van der Waals surface area (Å²) in [6.07, 6.45) is 5.51. The van der Waals surface area contributed by atoms with Gasteiger partial charge in [-0.3, -0.25) is 0 Å². The Bertz CT molecular complexity index is 665. The third kappa shape index (κ3) is 2.12. The van der Waals surface area contributed by atoms with Crippen LogP contribution in [-0.2, 0) is 6.54 Å². The number of hydrogen-bond acceptors (Lipinski definition) is 3. The summed E-state index contributed by atoms with van der Waals surface area (Å²) in [4.78, 5) is 7.21. The maximum absolute atomic E-state index is 5.96. The van der Waals surface area contributed by atoms with Crippen molar-refractivity contribution in [3.05, 3.63) is 53.6 Å². The van der Waals surface area contributed by atoms with Crippen molar-refractivity contribution in [2.45, 2.75) is 6.54 Å². The third-order valence-corrected chi connectivity index (χ3v) is 2.77. The summed E-state index contributed by atoms with van der Waals surface area (Å²) in [5, 5.41) is 7.93. The van der Waals surface area contributed by atoms with Crippen LogP contribution in [0, 0.1) is 0 Å². The molecule has 0 aliphatic heterocycles. The van der Waals surface area contributed by atoms with E-state index in [-0.39, 0.29) is 0 Å². The van der Waals surface area contributed by atoms with Crippen LogP contribution in [0.2, 0.25) is 5.15 Å². The van der Waals surface area contributed by atoms with E-state index < -0.39 is 0 Å². The molecule has 2 N–H and O–H groups in total. The lowest BCUT2D eigenvalue weighted by atomic mass is 10.3. The minimum atomic E-state index is 0.449. The van der Waals surface area contributed by atoms with Crippen LogP contribution in [0.25, 0.3) is 5.65 Å². The van der Waals surface area contributed by atoms with Gasteiger partial charge < -0.3 is 5.32 Å². The van der Waals surface area contributed by atoms with E-state index in [4.69, 9.17) is 11.6 Å². The molecule has 18 heavy (non-hydrogen) atoms. The molecule has 0 saturated carbocycles. The molecule has 0 fully saturated rings. The first-order valence-electron chi connectivity index (χ1n) is 5.52. The van der Waals surface area contributed by atoms with Crippen LogP contribution in [0.5, 0.6) is 0 Å². The average molecular weight is 261 g/mol. The zero-order valence-electron chi connectivity index (χ0n) is 9.47. The van der Waals surface area contributed by atoms with Gasteiger partial charge in [0.05, 0.1) is 6.20 Å². The summed E-state index contributed by atoms with van der Waals surface area (Å²) in [7, 11) is 0. The zero-order valence-corrected chi connectivity index (χ0v) is 10.2. The number of H-pyrrole nitrogens is 1. The molecule has 3 heterocycles. The first-order valence-corrected chi connectivity index (χ1v) is 5.90. The maximum Gasteiger partial charge on any atom is 0.171 e. The molecule has 0 radical (unpaired) electrons. The molecule has 0 amide bonds. The molecule has 0 aromatic carbocycles. The zero-order chi connectivity index (χ0) is 12.4. The Kier molecular flexibility index (Phi) is 2.82. The summed E-state index contributed by atoms with van der Waals surface area (Å²) < 4.78 is 1.72. The number of hydrogen-bond donors (Lipinski definition) is 1. The summed E-state index contributed by atoms with van der Waals surface area (Å²) in [6.45, 7) is 0.687. The van der Waals surface area contributed by atoms with Crippen LogP contribution >= 0.6 is 11.6 Å². The van der Waals surface area contributed by atoms with Gasteiger partial charge in [-0.2, -0.15) is 9.61 Å². The van der Waals surface area contributed by atoms with Gasteiger partial charge in [0.2, 0.25) is 0 Å². The van der Waals surface area contributed by atoms with E-state index >= 15 is 0 Å². The van der Waals surface area contributed by atoms with E-state index in [0.717, 1.165) is 17.0 Å². The first kappa shape index (κ1) is 11.0. The highest BCUT2D eigenvalue weighted by atomic mass is 35.5. The number of fused-ring (bicyclic) bond motifs is 1. The predicted molar refractivity (Wildman–Crippen MR) is 68.3 cm³/mol. The average Bonchev–Trinajstić information content (AvgIpc) is 2.85. The normalized spacial score (nSPS) is 10.7. The molecule has 6 heteroatoms. The van der Waals surface area contributed by atoms with E-state index in [9.17, 15) is 0 Å². The molecule has 5 nitrogen and oxygen atoms in total. The minimum Gasteiger partial charge on any atom is -0.366 e. The topological polar surface area (TPSA) is 56.4 Å². The number of aromatic amines is 1. The lowest BCUT2D eigenvalue weighted by molar-refractivity contribution is -0.378. The predicted octanol–water partition coefficient (Wildman–Crippen LogP) is 1.81. The standard InChI is InChI=1S/C12H10ClN5/c13-10-6-12(18-11(17-10)3-5-16-18)15-8-9-2-1-4-14-7-9/h1-7,15H,8H2/p+1. The Morgan fingerprint density at radius 1 is 1.39 bits per heavy atom. The van der Waals surface area contributed by atoms with Gasteiger partial charge in [-0.05, 0) is 6.07 Å². The van der Waals surface area contributed by atoms with Crippen molar-refractivity contribution >= 4 is 23.1 Å². The molecule has 3 aromatic rings. The lowest BCUT2D eigenvalue weighted by Gasteiger charge is -2.07. The second kappa shape index (κ2) is 4.62. The molecule has 3 rings (SSSR count). The van der Waals surface area contributed by atoms with Gasteiger partial charge in [0, 0.05) is 30.3 Å². The van der Waals surface area contributed by atoms with Crippen molar-refractivity contribution in [1.29, 1.82) is 0 Å². The summed E-state index contributed by atoms with van der Waals surface area (Å²) >= 11 is 5.96. The highest BCUT2D eigenvalue weighted by molar-refractivity contribution is 6.29. The molecule has 0 aliphatic carbocycles. The summed E-state index contributed by atoms with van der Waals surface area (Å²) in [6, 6.07) is 7.56. The molecule has 0 spiro atoms. The largest absolute Gasteiger partial charge is 0.366 e. The van der Waals surface area contributed by atoms with Crippen molar-refractivity contribution in [3.8, 4) is 0 Å². The molecule has 0 bridgehead atoms. The van der Waals surface area contributed by atoms with Gasteiger partial charge in [-0.1, -0.05) is 11.6 Å². The molecular weight excluding hydrogens is 250 g/mol. The third-order valence-electron chi connectivity index (χ3n) is 2.57. The number of nitrogens with zero attached hydrogens (tertiary/aromatic N) is 3. The van der Waals surface area contributed by atoms with Gasteiger partial charge >= 0.3 is 0 Å². The quantitative estimate of drug-likeness (QED) is 0.731. The SMILES string of the molecule is Clc1cc(NCc2ccc[nH+]c2)n2nccc2n1. The Labute approximate surface area is 108 Å². The van der Waals surface area contributed by atoms with E-state index in [1.165, 1.54) is 0 Å². The molecule has 0 unspecified atom stereocenters. The van der Waals surface area contributed by atoms with Crippen LogP contribution in [0.4, 0.5) is 5.82 Å². The number of anilines is 1. The van der Waals surface area contributed by atoms with E-state index in [1.54, 1.807) is 16.8 Å². The molecule has 90 valence electrons. The molecule has 0 atom stereocenters. The van der Waals surface area contributed by atoms with E-state index in [1.807, 2.05) is 30.6 Å². The fourth-order valence-corrected chi connectivity index (χ4v) is 1.93. The van der Waals surface area contributed by atoms with Crippen molar-refractivity contribution < 1.29 is 4.98 Å². The highest BCUT2D eigenvalue weighted by Gasteiger charge is 2.05. The Morgan fingerprint density at radius 3 is 3.17 bits per heavy atom. The number of halogens is 1. The van der Waals surface area contributed by atoms with Gasteiger partial charge in [-0.25, -0.2) is 9.97 Å². The second-order valence-electron chi connectivity index (χ2n) is 3.83. The van der Waals surface area contributed by atoms with Crippen molar-refractivity contribution in [1.82, 2.24) is 14.6 Å². The Balaban J connectivity index is 1.88. The van der Waals surface area contributed by atoms with Crippen molar-refractivity contribution in [2.75, 3.05) is 5.32 Å². The summed E-state index contributed by atoms with van der Waals surface area (Å²) in [5.41, 5.74) is 1.87.